The number of rotatable bonds is 3. The number of phenolic OH excluding ortho intramolecular Hbond substituents is 1. The Morgan fingerprint density at radius 1 is 1.29 bits per heavy atom. The van der Waals surface area contributed by atoms with Crippen molar-refractivity contribution in [1.82, 2.24) is 9.38 Å². The number of aromatic hydroxyl groups is 1. The Kier molecular flexibility index (Phi) is 4.27. The van der Waals surface area contributed by atoms with Crippen molar-refractivity contribution in [3.8, 4) is 11.5 Å². The van der Waals surface area contributed by atoms with Crippen LogP contribution in [-0.2, 0) is 0 Å². The molecule has 5 nitrogen and oxygen atoms in total. The average Bonchev–Trinajstić information content (AvgIpc) is 2.55. The van der Waals surface area contributed by atoms with Gasteiger partial charge in [-0.2, -0.15) is 0 Å². The molecule has 0 fully saturated rings. The average molecular weight is 343 g/mol. The van der Waals surface area contributed by atoms with E-state index in [1.54, 1.807) is 30.5 Å². The SMILES string of the molecule is COc1ccc(/C=C(\Cl)c2cc(=O)n3cc(C)ccc3n2)cc1O. The molecule has 0 unspecified atom stereocenters. The Bertz CT molecular complexity index is 1010. The van der Waals surface area contributed by atoms with E-state index < -0.39 is 0 Å². The summed E-state index contributed by atoms with van der Waals surface area (Å²) in [5.74, 6) is 0.387. The van der Waals surface area contributed by atoms with Gasteiger partial charge in [0.25, 0.3) is 5.56 Å². The zero-order valence-corrected chi connectivity index (χ0v) is 13.9. The lowest BCUT2D eigenvalue weighted by Crippen LogP contribution is -2.15. The fourth-order valence-corrected chi connectivity index (χ4v) is 2.57. The van der Waals surface area contributed by atoms with Gasteiger partial charge in [-0.15, -0.1) is 0 Å². The minimum atomic E-state index is -0.206. The second-order valence-corrected chi connectivity index (χ2v) is 5.75. The summed E-state index contributed by atoms with van der Waals surface area (Å²) in [7, 11) is 1.48. The summed E-state index contributed by atoms with van der Waals surface area (Å²) >= 11 is 6.31. The van der Waals surface area contributed by atoms with Crippen molar-refractivity contribution in [3.05, 3.63) is 69.8 Å². The smallest absolute Gasteiger partial charge is 0.258 e. The van der Waals surface area contributed by atoms with Crippen LogP contribution >= 0.6 is 11.6 Å². The van der Waals surface area contributed by atoms with Gasteiger partial charge >= 0.3 is 0 Å². The van der Waals surface area contributed by atoms with Crippen LogP contribution in [0.4, 0.5) is 0 Å². The van der Waals surface area contributed by atoms with E-state index >= 15 is 0 Å². The third-order valence-corrected chi connectivity index (χ3v) is 3.85. The monoisotopic (exact) mass is 342 g/mol. The van der Waals surface area contributed by atoms with E-state index in [-0.39, 0.29) is 11.3 Å². The molecule has 0 aliphatic carbocycles. The Hall–Kier alpha value is -2.79. The summed E-state index contributed by atoms with van der Waals surface area (Å²) in [5, 5.41) is 10.1. The number of fused-ring (bicyclic) bond motifs is 1. The molecule has 1 aromatic carbocycles. The van der Waals surface area contributed by atoms with Gasteiger partial charge in [-0.05, 0) is 42.3 Å². The van der Waals surface area contributed by atoms with Crippen LogP contribution in [0.5, 0.6) is 11.5 Å². The van der Waals surface area contributed by atoms with E-state index in [0.29, 0.717) is 27.7 Å². The van der Waals surface area contributed by atoms with Gasteiger partial charge in [0, 0.05) is 12.3 Å². The molecule has 3 aromatic rings. The summed E-state index contributed by atoms with van der Waals surface area (Å²) in [6.45, 7) is 1.91. The number of aryl methyl sites for hydroxylation is 1. The largest absolute Gasteiger partial charge is 0.504 e. The maximum absolute atomic E-state index is 12.2. The number of hydrogen-bond acceptors (Lipinski definition) is 4. The first kappa shape index (κ1) is 16.1. The highest BCUT2D eigenvalue weighted by atomic mass is 35.5. The zero-order valence-electron chi connectivity index (χ0n) is 13.2. The molecule has 0 bridgehead atoms. The number of phenols is 1. The maximum atomic E-state index is 12.2. The lowest BCUT2D eigenvalue weighted by Gasteiger charge is -2.06. The summed E-state index contributed by atoms with van der Waals surface area (Å²) in [5.41, 5.74) is 2.33. The first-order valence-electron chi connectivity index (χ1n) is 7.22. The van der Waals surface area contributed by atoms with Crippen LogP contribution in [0.15, 0.2) is 47.4 Å². The van der Waals surface area contributed by atoms with E-state index in [9.17, 15) is 9.90 Å². The number of methoxy groups -OCH3 is 1. The van der Waals surface area contributed by atoms with Crippen LogP contribution in [0.3, 0.4) is 0 Å². The molecule has 24 heavy (non-hydrogen) atoms. The number of nitrogens with zero attached hydrogens (tertiary/aromatic N) is 2. The molecule has 6 heteroatoms. The van der Waals surface area contributed by atoms with Gasteiger partial charge in [0.05, 0.1) is 17.8 Å². The van der Waals surface area contributed by atoms with E-state index in [1.807, 2.05) is 13.0 Å². The van der Waals surface area contributed by atoms with Gasteiger partial charge in [0.15, 0.2) is 11.5 Å². The molecular formula is C18H15ClN2O3. The minimum Gasteiger partial charge on any atom is -0.504 e. The third kappa shape index (κ3) is 3.12. The normalized spacial score (nSPS) is 11.7. The third-order valence-electron chi connectivity index (χ3n) is 3.55. The van der Waals surface area contributed by atoms with Crippen molar-refractivity contribution in [3.63, 3.8) is 0 Å². The Morgan fingerprint density at radius 3 is 2.79 bits per heavy atom. The summed E-state index contributed by atoms with van der Waals surface area (Å²) in [4.78, 5) is 16.6. The van der Waals surface area contributed by atoms with Crippen LogP contribution in [0, 0.1) is 6.92 Å². The molecule has 0 atom stereocenters. The molecule has 3 rings (SSSR count). The highest BCUT2D eigenvalue weighted by molar-refractivity contribution is 6.51. The van der Waals surface area contributed by atoms with E-state index in [1.165, 1.54) is 23.6 Å². The number of halogens is 1. The highest BCUT2D eigenvalue weighted by Gasteiger charge is 2.07. The first-order chi connectivity index (χ1) is 11.5. The topological polar surface area (TPSA) is 63.8 Å². The van der Waals surface area contributed by atoms with Crippen LogP contribution in [-0.4, -0.2) is 21.6 Å². The van der Waals surface area contributed by atoms with Gasteiger partial charge in [0.1, 0.15) is 5.65 Å². The second kappa shape index (κ2) is 6.37. The van der Waals surface area contributed by atoms with Crippen LogP contribution < -0.4 is 10.3 Å². The molecule has 2 aromatic heterocycles. The molecule has 0 saturated carbocycles. The van der Waals surface area contributed by atoms with Gasteiger partial charge < -0.3 is 9.84 Å². The molecule has 0 amide bonds. The lowest BCUT2D eigenvalue weighted by atomic mass is 10.1. The first-order valence-corrected chi connectivity index (χ1v) is 7.60. The fourth-order valence-electron chi connectivity index (χ4n) is 2.35. The highest BCUT2D eigenvalue weighted by Crippen LogP contribution is 2.28. The predicted octanol–water partition coefficient (Wildman–Crippen LogP) is 3.45. The van der Waals surface area contributed by atoms with Gasteiger partial charge in [-0.1, -0.05) is 23.7 Å². The standard InChI is InChI=1S/C18H15ClN2O3/c1-11-3-6-17-20-14(9-18(23)21(17)10-11)13(19)7-12-4-5-16(24-2)15(22)8-12/h3-10,22H,1-2H3/b13-7-. The second-order valence-electron chi connectivity index (χ2n) is 5.34. The number of benzene rings is 1. The molecule has 2 heterocycles. The Labute approximate surface area is 143 Å². The summed E-state index contributed by atoms with van der Waals surface area (Å²) in [6, 6.07) is 9.94. The van der Waals surface area contributed by atoms with Crippen LogP contribution in [0.1, 0.15) is 16.8 Å². The van der Waals surface area contributed by atoms with Gasteiger partial charge in [-0.3, -0.25) is 9.20 Å². The Balaban J connectivity index is 2.04. The van der Waals surface area contributed by atoms with Crippen molar-refractivity contribution in [1.29, 1.82) is 0 Å². The van der Waals surface area contributed by atoms with E-state index in [4.69, 9.17) is 16.3 Å². The van der Waals surface area contributed by atoms with E-state index in [0.717, 1.165) is 5.56 Å². The van der Waals surface area contributed by atoms with Crippen molar-refractivity contribution < 1.29 is 9.84 Å². The fraction of sp³-hybridized carbons (Fsp3) is 0.111. The van der Waals surface area contributed by atoms with Crippen molar-refractivity contribution in [2.45, 2.75) is 6.92 Å². The van der Waals surface area contributed by atoms with E-state index in [2.05, 4.69) is 4.98 Å². The van der Waals surface area contributed by atoms with Crippen LogP contribution in [0.2, 0.25) is 0 Å². The number of hydrogen-bond donors (Lipinski definition) is 1. The number of pyridine rings is 1. The molecule has 122 valence electrons. The summed E-state index contributed by atoms with van der Waals surface area (Å²) < 4.78 is 6.48. The zero-order chi connectivity index (χ0) is 17.3. The summed E-state index contributed by atoms with van der Waals surface area (Å²) in [6.07, 6.45) is 3.36. The van der Waals surface area contributed by atoms with Crippen molar-refractivity contribution >= 4 is 28.4 Å². The van der Waals surface area contributed by atoms with Gasteiger partial charge in [-0.25, -0.2) is 4.98 Å². The number of aromatic nitrogens is 2. The lowest BCUT2D eigenvalue weighted by molar-refractivity contribution is 0.373. The number of ether oxygens (including phenoxy) is 1. The Morgan fingerprint density at radius 2 is 2.08 bits per heavy atom. The molecular weight excluding hydrogens is 328 g/mol. The molecule has 0 saturated heterocycles. The molecule has 0 aliphatic rings. The van der Waals surface area contributed by atoms with Crippen molar-refractivity contribution in [2.24, 2.45) is 0 Å². The van der Waals surface area contributed by atoms with Crippen molar-refractivity contribution in [2.75, 3.05) is 7.11 Å². The van der Waals surface area contributed by atoms with Crippen LogP contribution in [0.25, 0.3) is 16.8 Å². The predicted molar refractivity (Wildman–Crippen MR) is 94.6 cm³/mol. The minimum absolute atomic E-state index is 0.0118. The molecule has 0 spiro atoms. The van der Waals surface area contributed by atoms with Gasteiger partial charge in [0.2, 0.25) is 0 Å². The maximum Gasteiger partial charge on any atom is 0.258 e. The molecule has 0 aliphatic heterocycles. The quantitative estimate of drug-likeness (QED) is 0.791. The molecule has 0 radical (unpaired) electrons. The molecule has 1 N–H and O–H groups in total.